The van der Waals surface area contributed by atoms with Gasteiger partial charge in [-0.25, -0.2) is 4.39 Å². The maximum atomic E-state index is 13.6. The number of likely N-dealkylation sites (tertiary alicyclic amines) is 1. The van der Waals surface area contributed by atoms with E-state index < -0.39 is 23.2 Å². The molecule has 34 heavy (non-hydrogen) atoms. The minimum Gasteiger partial charge on any atom is -0.396 e. The average Bonchev–Trinajstić information content (AvgIpc) is 3.00. The van der Waals surface area contributed by atoms with E-state index in [2.05, 4.69) is 9.80 Å². The van der Waals surface area contributed by atoms with Crippen LogP contribution < -0.4 is 0 Å². The van der Waals surface area contributed by atoms with Gasteiger partial charge in [0.15, 0.2) is 0 Å². The molecule has 2 atom stereocenters. The van der Waals surface area contributed by atoms with Gasteiger partial charge in [0.25, 0.3) is 5.91 Å². The summed E-state index contributed by atoms with van der Waals surface area (Å²) in [5, 5.41) is 19.8. The zero-order valence-electron chi connectivity index (χ0n) is 19.8. The second kappa shape index (κ2) is 12.2. The quantitative estimate of drug-likeness (QED) is 0.425. The monoisotopic (exact) mass is 495 g/mol. The Morgan fingerprint density at radius 1 is 1.24 bits per heavy atom. The highest BCUT2D eigenvalue weighted by atomic mass is 35.5. The van der Waals surface area contributed by atoms with Gasteiger partial charge < -0.3 is 15.1 Å². The lowest BCUT2D eigenvalue weighted by Crippen LogP contribution is -2.51. The third kappa shape index (κ3) is 7.09. The minimum absolute atomic E-state index is 0.0000149. The molecule has 2 N–H and O–H groups in total. The van der Waals surface area contributed by atoms with Crippen LogP contribution >= 0.6 is 11.6 Å². The van der Waals surface area contributed by atoms with Crippen molar-refractivity contribution in [3.05, 3.63) is 40.7 Å². The van der Waals surface area contributed by atoms with Crippen molar-refractivity contribution in [1.82, 2.24) is 14.7 Å². The summed E-state index contributed by atoms with van der Waals surface area (Å²) in [6.07, 6.45) is 5.62. The van der Waals surface area contributed by atoms with Crippen molar-refractivity contribution in [1.29, 1.82) is 0 Å². The minimum atomic E-state index is -0.558. The molecule has 0 aliphatic carbocycles. The van der Waals surface area contributed by atoms with Crippen molar-refractivity contribution in [2.45, 2.75) is 38.7 Å². The molecule has 0 aromatic heterocycles. The molecule has 9 heteroatoms. The Hall–Kier alpha value is -1.84. The number of piperidine rings is 1. The predicted molar refractivity (Wildman–Crippen MR) is 130 cm³/mol. The lowest BCUT2D eigenvalue weighted by Gasteiger charge is -2.42. The molecular formula is C25H35ClFN3O4. The fourth-order valence-corrected chi connectivity index (χ4v) is 4.54. The van der Waals surface area contributed by atoms with Gasteiger partial charge in [0.2, 0.25) is 5.91 Å². The van der Waals surface area contributed by atoms with E-state index in [4.69, 9.17) is 11.6 Å². The van der Waals surface area contributed by atoms with Crippen molar-refractivity contribution < 1.29 is 24.2 Å². The van der Waals surface area contributed by atoms with Crippen LogP contribution in [-0.4, -0.2) is 95.3 Å². The zero-order chi connectivity index (χ0) is 24.7. The van der Waals surface area contributed by atoms with Crippen LogP contribution in [0.2, 0.25) is 5.02 Å². The topological polar surface area (TPSA) is 84.3 Å². The number of nitrogens with zero attached hydrogens (tertiary/aromatic N) is 3. The Morgan fingerprint density at radius 2 is 1.97 bits per heavy atom. The largest absolute Gasteiger partial charge is 0.396 e. The Kier molecular flexibility index (Phi) is 9.62. The predicted octanol–water partition coefficient (Wildman–Crippen LogP) is 2.40. The number of benzene rings is 1. The highest BCUT2D eigenvalue weighted by Crippen LogP contribution is 2.30. The van der Waals surface area contributed by atoms with E-state index >= 15 is 0 Å². The molecule has 0 saturated carbocycles. The third-order valence-corrected chi connectivity index (χ3v) is 7.25. The first-order valence-corrected chi connectivity index (χ1v) is 12.3. The van der Waals surface area contributed by atoms with E-state index in [1.54, 1.807) is 6.07 Å². The first kappa shape index (κ1) is 26.8. The molecule has 188 valence electrons. The molecule has 0 spiro atoms. The number of β-amino-alcohol motifs (C(OH)–C–C–N with tert-alkyl or cyclic N) is 1. The molecule has 2 amide bonds. The number of carbonyl (C=O) groups is 2. The number of aliphatic hydroxyl groups excluding tert-OH is 2. The van der Waals surface area contributed by atoms with Crippen molar-refractivity contribution in [3.8, 4) is 0 Å². The van der Waals surface area contributed by atoms with Crippen LogP contribution in [0.25, 0.3) is 6.08 Å². The smallest absolute Gasteiger partial charge is 0.253 e. The van der Waals surface area contributed by atoms with E-state index in [-0.39, 0.29) is 24.1 Å². The van der Waals surface area contributed by atoms with Crippen molar-refractivity contribution in [2.75, 3.05) is 52.4 Å². The standard InChI is InChI=1S/C25H35ClFN3O4/c1-25(18-31)9-14-29(16-22(25)32)11-3-2-10-28-12-4-13-30(24(34)17-28)23(33)8-6-19-5-7-20(26)21(27)15-19/h5-8,15,22,31-32H,2-4,9-14,16-18H2,1H3/t22-,25+/m0/s1. The molecule has 1 aromatic carbocycles. The Balaban J connectivity index is 1.41. The fraction of sp³-hybridized carbons (Fsp3) is 0.600. The summed E-state index contributed by atoms with van der Waals surface area (Å²) < 4.78 is 13.6. The van der Waals surface area contributed by atoms with Gasteiger partial charge in [-0.15, -0.1) is 0 Å². The highest BCUT2D eigenvalue weighted by molar-refractivity contribution is 6.30. The van der Waals surface area contributed by atoms with Gasteiger partial charge in [-0.1, -0.05) is 24.6 Å². The summed E-state index contributed by atoms with van der Waals surface area (Å²) in [6.45, 7) is 6.33. The molecule has 0 bridgehead atoms. The summed E-state index contributed by atoms with van der Waals surface area (Å²) >= 11 is 5.68. The second-order valence-corrected chi connectivity index (χ2v) is 10.0. The highest BCUT2D eigenvalue weighted by Gasteiger charge is 2.37. The van der Waals surface area contributed by atoms with E-state index in [9.17, 15) is 24.2 Å². The van der Waals surface area contributed by atoms with Crippen LogP contribution in [0.5, 0.6) is 0 Å². The number of carbonyl (C=O) groups excluding carboxylic acids is 2. The third-order valence-electron chi connectivity index (χ3n) is 6.94. The molecule has 7 nitrogen and oxygen atoms in total. The second-order valence-electron chi connectivity index (χ2n) is 9.61. The number of amides is 2. The van der Waals surface area contributed by atoms with Crippen LogP contribution in [-0.2, 0) is 9.59 Å². The van der Waals surface area contributed by atoms with Gasteiger partial charge >= 0.3 is 0 Å². The molecule has 2 fully saturated rings. The van der Waals surface area contributed by atoms with Crippen molar-refractivity contribution >= 4 is 29.5 Å². The van der Waals surface area contributed by atoms with Gasteiger partial charge in [-0.05, 0) is 69.1 Å². The Labute approximate surface area is 205 Å². The maximum absolute atomic E-state index is 13.6. The zero-order valence-corrected chi connectivity index (χ0v) is 20.5. The van der Waals surface area contributed by atoms with Gasteiger partial charge in [-0.2, -0.15) is 0 Å². The lowest BCUT2D eigenvalue weighted by atomic mass is 9.79. The van der Waals surface area contributed by atoms with Gasteiger partial charge in [0.1, 0.15) is 5.82 Å². The van der Waals surface area contributed by atoms with Gasteiger partial charge in [-0.3, -0.25) is 19.4 Å². The van der Waals surface area contributed by atoms with E-state index in [1.165, 1.54) is 29.2 Å². The SMILES string of the molecule is C[C@]1(CO)CCN(CCCCN2CCCN(C(=O)C=Cc3ccc(Cl)c(F)c3)C(=O)C2)C[C@@H]1O. The van der Waals surface area contributed by atoms with Crippen LogP contribution in [0, 0.1) is 11.2 Å². The molecule has 2 heterocycles. The van der Waals surface area contributed by atoms with Crippen molar-refractivity contribution in [2.24, 2.45) is 5.41 Å². The summed E-state index contributed by atoms with van der Waals surface area (Å²) in [5.74, 6) is -1.18. The summed E-state index contributed by atoms with van der Waals surface area (Å²) in [7, 11) is 0. The van der Waals surface area contributed by atoms with Gasteiger partial charge in [0, 0.05) is 31.1 Å². The number of halogens is 2. The first-order valence-electron chi connectivity index (χ1n) is 11.9. The first-order chi connectivity index (χ1) is 16.2. The number of unbranched alkanes of at least 4 members (excludes halogenated alkanes) is 1. The molecule has 2 aliphatic rings. The van der Waals surface area contributed by atoms with E-state index in [0.29, 0.717) is 25.1 Å². The molecule has 3 rings (SSSR count). The number of hydrogen-bond acceptors (Lipinski definition) is 6. The molecule has 0 unspecified atom stereocenters. The molecule has 1 aromatic rings. The molecule has 2 saturated heterocycles. The van der Waals surface area contributed by atoms with E-state index in [0.717, 1.165) is 45.4 Å². The molecular weight excluding hydrogens is 461 g/mol. The van der Waals surface area contributed by atoms with Crippen LogP contribution in [0.1, 0.15) is 38.2 Å². The summed E-state index contributed by atoms with van der Waals surface area (Å²) in [5.41, 5.74) is 0.0910. The Bertz CT molecular complexity index is 899. The van der Waals surface area contributed by atoms with Crippen molar-refractivity contribution in [3.63, 3.8) is 0 Å². The fourth-order valence-electron chi connectivity index (χ4n) is 4.43. The summed E-state index contributed by atoms with van der Waals surface area (Å²) in [6, 6.07) is 4.28. The molecule has 0 radical (unpaired) electrons. The normalized spacial score (nSPS) is 25.1. The Morgan fingerprint density at radius 3 is 2.65 bits per heavy atom. The number of aliphatic hydroxyl groups is 2. The van der Waals surface area contributed by atoms with Crippen LogP contribution in [0.15, 0.2) is 24.3 Å². The lowest BCUT2D eigenvalue weighted by molar-refractivity contribution is -0.141. The van der Waals surface area contributed by atoms with Gasteiger partial charge in [0.05, 0.1) is 24.3 Å². The summed E-state index contributed by atoms with van der Waals surface area (Å²) in [4.78, 5) is 30.8. The van der Waals surface area contributed by atoms with Crippen LogP contribution in [0.3, 0.4) is 0 Å². The number of rotatable bonds is 8. The molecule has 2 aliphatic heterocycles. The number of imide groups is 1. The van der Waals surface area contributed by atoms with Crippen LogP contribution in [0.4, 0.5) is 4.39 Å². The maximum Gasteiger partial charge on any atom is 0.253 e. The van der Waals surface area contributed by atoms with E-state index in [1.807, 2.05) is 6.92 Å². The number of hydrogen-bond donors (Lipinski definition) is 2. The average molecular weight is 496 g/mol.